The van der Waals surface area contributed by atoms with Crippen LogP contribution in [0.15, 0.2) is 36.5 Å². The van der Waals surface area contributed by atoms with Gasteiger partial charge in [0.15, 0.2) is 0 Å². The van der Waals surface area contributed by atoms with Crippen LogP contribution < -0.4 is 11.3 Å². The van der Waals surface area contributed by atoms with Crippen LogP contribution in [0.1, 0.15) is 25.1 Å². The number of benzene rings is 1. The van der Waals surface area contributed by atoms with E-state index >= 15 is 0 Å². The van der Waals surface area contributed by atoms with Gasteiger partial charge in [-0.25, -0.2) is 0 Å². The molecule has 3 N–H and O–H groups in total. The lowest BCUT2D eigenvalue weighted by molar-refractivity contribution is 0.558. The average molecular weight is 225 g/mol. The van der Waals surface area contributed by atoms with Gasteiger partial charge < -0.3 is 0 Å². The van der Waals surface area contributed by atoms with Gasteiger partial charge >= 0.3 is 0 Å². The first-order valence-electron chi connectivity index (χ1n) is 5.56. The Kier molecular flexibility index (Phi) is 3.71. The third kappa shape index (κ3) is 2.44. The molecule has 1 atom stereocenters. The van der Waals surface area contributed by atoms with Crippen molar-refractivity contribution in [2.24, 2.45) is 5.84 Å². The summed E-state index contributed by atoms with van der Waals surface area (Å²) < 4.78 is 0. The van der Waals surface area contributed by atoms with Crippen LogP contribution in [-0.2, 0) is 0 Å². The van der Waals surface area contributed by atoms with Crippen LogP contribution in [0.2, 0.25) is 0 Å². The van der Waals surface area contributed by atoms with Crippen LogP contribution in [0, 0.1) is 11.8 Å². The predicted molar refractivity (Wildman–Crippen MR) is 69.9 cm³/mol. The predicted octanol–water partition coefficient (Wildman–Crippen LogP) is 2.15. The van der Waals surface area contributed by atoms with E-state index in [0.29, 0.717) is 6.42 Å². The van der Waals surface area contributed by atoms with Crippen LogP contribution >= 0.6 is 0 Å². The lowest BCUT2D eigenvalue weighted by Crippen LogP contribution is -2.28. The Labute approximate surface area is 101 Å². The molecule has 1 unspecified atom stereocenters. The van der Waals surface area contributed by atoms with E-state index in [1.165, 1.54) is 5.39 Å². The summed E-state index contributed by atoms with van der Waals surface area (Å²) in [4.78, 5) is 4.42. The molecule has 2 rings (SSSR count). The molecule has 1 aromatic carbocycles. The van der Waals surface area contributed by atoms with Gasteiger partial charge in [0, 0.05) is 18.0 Å². The summed E-state index contributed by atoms with van der Waals surface area (Å²) in [5.41, 5.74) is 3.73. The third-order valence-electron chi connectivity index (χ3n) is 2.72. The molecule has 0 saturated heterocycles. The van der Waals surface area contributed by atoms with Gasteiger partial charge in [-0.15, -0.1) is 11.8 Å². The van der Waals surface area contributed by atoms with Crippen molar-refractivity contribution >= 4 is 10.8 Å². The number of rotatable bonds is 3. The fourth-order valence-corrected chi connectivity index (χ4v) is 1.86. The van der Waals surface area contributed by atoms with Crippen LogP contribution in [0.4, 0.5) is 0 Å². The van der Waals surface area contributed by atoms with E-state index in [-0.39, 0.29) is 6.04 Å². The Morgan fingerprint density at radius 3 is 2.94 bits per heavy atom. The van der Waals surface area contributed by atoms with Crippen molar-refractivity contribution in [3.63, 3.8) is 0 Å². The number of aromatic nitrogens is 1. The number of hydrogen-bond acceptors (Lipinski definition) is 3. The average Bonchev–Trinajstić information content (AvgIpc) is 2.40. The van der Waals surface area contributed by atoms with Crippen molar-refractivity contribution < 1.29 is 0 Å². The number of pyridine rings is 1. The second kappa shape index (κ2) is 5.44. The Morgan fingerprint density at radius 1 is 1.35 bits per heavy atom. The molecule has 0 spiro atoms. The first kappa shape index (κ1) is 11.6. The number of fused-ring (bicyclic) bond motifs is 1. The molecular weight excluding hydrogens is 210 g/mol. The molecule has 0 aliphatic heterocycles. The van der Waals surface area contributed by atoms with Crippen molar-refractivity contribution in [3.8, 4) is 11.8 Å². The minimum Gasteiger partial charge on any atom is -0.271 e. The zero-order valence-electron chi connectivity index (χ0n) is 9.77. The van der Waals surface area contributed by atoms with Gasteiger partial charge in [0.05, 0.1) is 11.7 Å². The molecule has 0 bridgehead atoms. The fourth-order valence-electron chi connectivity index (χ4n) is 1.86. The van der Waals surface area contributed by atoms with Crippen molar-refractivity contribution in [2.45, 2.75) is 19.4 Å². The molecule has 2 aromatic rings. The topological polar surface area (TPSA) is 50.9 Å². The minimum atomic E-state index is -0.0338. The summed E-state index contributed by atoms with van der Waals surface area (Å²) in [5.74, 6) is 11.5. The number of nitrogens with two attached hydrogens (primary N) is 1. The second-order valence-electron chi connectivity index (χ2n) is 3.77. The quantitative estimate of drug-likeness (QED) is 0.478. The lowest BCUT2D eigenvalue weighted by atomic mass is 10.0. The van der Waals surface area contributed by atoms with Gasteiger partial charge in [-0.3, -0.25) is 16.3 Å². The van der Waals surface area contributed by atoms with E-state index in [2.05, 4.69) is 34.4 Å². The Balaban J connectivity index is 2.48. The normalized spacial score (nSPS) is 11.9. The van der Waals surface area contributed by atoms with Gasteiger partial charge in [0.2, 0.25) is 0 Å². The molecule has 0 amide bonds. The van der Waals surface area contributed by atoms with Gasteiger partial charge in [0.1, 0.15) is 0 Å². The number of hydrazine groups is 1. The first-order valence-corrected chi connectivity index (χ1v) is 5.56. The summed E-state index contributed by atoms with van der Waals surface area (Å²) >= 11 is 0. The highest BCUT2D eigenvalue weighted by molar-refractivity contribution is 5.84. The summed E-state index contributed by atoms with van der Waals surface area (Å²) in [6.07, 6.45) is 2.47. The molecule has 1 aromatic heterocycles. The molecule has 3 nitrogen and oxygen atoms in total. The van der Waals surface area contributed by atoms with E-state index in [0.717, 1.165) is 11.1 Å². The van der Waals surface area contributed by atoms with E-state index in [1.807, 2.05) is 25.1 Å². The number of nitrogens with zero attached hydrogens (tertiary/aromatic N) is 1. The van der Waals surface area contributed by atoms with Crippen molar-refractivity contribution in [1.29, 1.82) is 0 Å². The standard InChI is InChI=1S/C14H15N3/c1-2-3-8-13(17-15)14-12-7-5-4-6-11(12)9-10-16-14/h4-7,9-10,13,17H,8,15H2,1H3. The van der Waals surface area contributed by atoms with E-state index in [4.69, 9.17) is 5.84 Å². The first-order chi connectivity index (χ1) is 8.36. The number of nitrogens with one attached hydrogen (secondary N) is 1. The monoisotopic (exact) mass is 225 g/mol. The Morgan fingerprint density at radius 2 is 2.18 bits per heavy atom. The summed E-state index contributed by atoms with van der Waals surface area (Å²) in [5, 5.41) is 2.29. The van der Waals surface area contributed by atoms with Crippen LogP contribution in [0.3, 0.4) is 0 Å². The van der Waals surface area contributed by atoms with E-state index in [1.54, 1.807) is 6.20 Å². The van der Waals surface area contributed by atoms with Gasteiger partial charge in [-0.2, -0.15) is 0 Å². The molecule has 17 heavy (non-hydrogen) atoms. The Bertz CT molecular complexity index is 561. The molecule has 3 heteroatoms. The number of hydrogen-bond donors (Lipinski definition) is 2. The molecule has 0 radical (unpaired) electrons. The molecule has 0 fully saturated rings. The largest absolute Gasteiger partial charge is 0.271 e. The molecule has 1 heterocycles. The lowest BCUT2D eigenvalue weighted by Gasteiger charge is -2.14. The van der Waals surface area contributed by atoms with Gasteiger partial charge in [0.25, 0.3) is 0 Å². The summed E-state index contributed by atoms with van der Waals surface area (Å²) in [7, 11) is 0. The minimum absolute atomic E-state index is 0.0338. The summed E-state index contributed by atoms with van der Waals surface area (Å²) in [6, 6.07) is 10.1. The molecule has 0 saturated carbocycles. The molecule has 86 valence electrons. The SMILES string of the molecule is CC#CCC(NN)c1nccc2ccccc12. The zero-order chi connectivity index (χ0) is 12.1. The maximum Gasteiger partial charge on any atom is 0.0747 e. The van der Waals surface area contributed by atoms with Crippen LogP contribution in [0.25, 0.3) is 10.8 Å². The van der Waals surface area contributed by atoms with Crippen molar-refractivity contribution in [2.75, 3.05) is 0 Å². The Hall–Kier alpha value is -1.89. The zero-order valence-corrected chi connectivity index (χ0v) is 9.77. The van der Waals surface area contributed by atoms with E-state index in [9.17, 15) is 0 Å². The van der Waals surface area contributed by atoms with Gasteiger partial charge in [-0.05, 0) is 18.4 Å². The van der Waals surface area contributed by atoms with Crippen LogP contribution in [0.5, 0.6) is 0 Å². The van der Waals surface area contributed by atoms with Crippen LogP contribution in [-0.4, -0.2) is 4.98 Å². The third-order valence-corrected chi connectivity index (χ3v) is 2.72. The highest BCUT2D eigenvalue weighted by Gasteiger charge is 2.12. The molecular formula is C14H15N3. The maximum atomic E-state index is 5.58. The van der Waals surface area contributed by atoms with Crippen molar-refractivity contribution in [1.82, 2.24) is 10.4 Å². The maximum absolute atomic E-state index is 5.58. The summed E-state index contributed by atoms with van der Waals surface area (Å²) in [6.45, 7) is 1.82. The van der Waals surface area contributed by atoms with Crippen molar-refractivity contribution in [3.05, 3.63) is 42.2 Å². The highest BCUT2D eigenvalue weighted by atomic mass is 15.2. The molecule has 0 aliphatic carbocycles. The van der Waals surface area contributed by atoms with E-state index < -0.39 is 0 Å². The second-order valence-corrected chi connectivity index (χ2v) is 3.77. The highest BCUT2D eigenvalue weighted by Crippen LogP contribution is 2.23. The molecule has 0 aliphatic rings. The smallest absolute Gasteiger partial charge is 0.0747 e. The fraction of sp³-hybridized carbons (Fsp3) is 0.214. The van der Waals surface area contributed by atoms with Gasteiger partial charge in [-0.1, -0.05) is 24.3 Å².